The number of ether oxygens (including phenoxy) is 1. The van der Waals surface area contributed by atoms with Gasteiger partial charge in [0.25, 0.3) is 0 Å². The molecule has 0 heterocycles. The summed E-state index contributed by atoms with van der Waals surface area (Å²) in [5.41, 5.74) is 1.12. The molecule has 2 aliphatic rings. The van der Waals surface area contributed by atoms with E-state index in [1.165, 1.54) is 17.7 Å². The summed E-state index contributed by atoms with van der Waals surface area (Å²) in [5, 5.41) is 21.6. The van der Waals surface area contributed by atoms with Gasteiger partial charge in [-0.15, -0.1) is 0 Å². The Kier molecular flexibility index (Phi) is 9.21. The van der Waals surface area contributed by atoms with Crippen molar-refractivity contribution in [1.29, 1.82) is 10.5 Å². The van der Waals surface area contributed by atoms with Crippen LogP contribution in [0.5, 0.6) is 0 Å². The Morgan fingerprint density at radius 1 is 0.943 bits per heavy atom. The zero-order valence-corrected chi connectivity index (χ0v) is 23.3. The van der Waals surface area contributed by atoms with Gasteiger partial charge in [-0.3, -0.25) is 4.90 Å². The molecule has 1 amide bonds. The SMILES string of the molecule is CC(C)(C)OC(=O)N(c1ccc(Br)cc1)C(C#N)C1CC1.N#CC(Nc1ccc(Br)cc1)C1CC1. The molecular formula is C27H30Br2N4O2. The fraction of sp³-hybridized carbons (Fsp3) is 0.444. The van der Waals surface area contributed by atoms with Crippen LogP contribution in [0.15, 0.2) is 57.5 Å². The second kappa shape index (κ2) is 11.9. The number of rotatable bonds is 6. The molecule has 2 unspecified atom stereocenters. The maximum absolute atomic E-state index is 12.5. The van der Waals surface area contributed by atoms with Gasteiger partial charge in [0.15, 0.2) is 0 Å². The van der Waals surface area contributed by atoms with Crippen molar-refractivity contribution in [3.8, 4) is 12.1 Å². The normalized spacial score (nSPS) is 16.4. The highest BCUT2D eigenvalue weighted by Gasteiger charge is 2.40. The van der Waals surface area contributed by atoms with Crippen LogP contribution in [0.1, 0.15) is 46.5 Å². The molecule has 35 heavy (non-hydrogen) atoms. The summed E-state index contributed by atoms with van der Waals surface area (Å²) in [6.45, 7) is 5.47. The number of carbonyl (C=O) groups is 1. The van der Waals surface area contributed by atoms with Crippen LogP contribution in [0.4, 0.5) is 16.2 Å². The number of carbonyl (C=O) groups excluding carboxylic acids is 1. The van der Waals surface area contributed by atoms with Crippen LogP contribution in [0.25, 0.3) is 0 Å². The second-order valence-electron chi connectivity index (χ2n) is 9.83. The van der Waals surface area contributed by atoms with Crippen molar-refractivity contribution < 1.29 is 9.53 Å². The highest BCUT2D eigenvalue weighted by atomic mass is 79.9. The van der Waals surface area contributed by atoms with Crippen LogP contribution < -0.4 is 10.2 Å². The summed E-state index contributed by atoms with van der Waals surface area (Å²) in [6, 6.07) is 19.3. The van der Waals surface area contributed by atoms with Crippen molar-refractivity contribution >= 4 is 49.3 Å². The third-order valence-corrected chi connectivity index (χ3v) is 6.63. The minimum Gasteiger partial charge on any atom is -0.443 e. The van der Waals surface area contributed by atoms with E-state index in [-0.39, 0.29) is 12.0 Å². The van der Waals surface area contributed by atoms with Gasteiger partial charge < -0.3 is 10.1 Å². The van der Waals surface area contributed by atoms with Gasteiger partial charge in [0, 0.05) is 20.3 Å². The van der Waals surface area contributed by atoms with Crippen LogP contribution in [-0.2, 0) is 4.74 Å². The second-order valence-corrected chi connectivity index (χ2v) is 11.7. The molecule has 0 bridgehead atoms. The molecule has 2 atom stereocenters. The summed E-state index contributed by atoms with van der Waals surface area (Å²) in [6.07, 6.45) is 3.86. The lowest BCUT2D eigenvalue weighted by atomic mass is 10.1. The standard InChI is InChI=1S/C16H19BrN2O2.C11H11BrN2/c1-16(2,3)21-15(20)19(14(10-18)11-4-5-11)13-8-6-12(17)7-9-13;12-9-3-5-10(6-4-9)14-11(7-13)8-1-2-8/h6-9,11,14H,4-5H2,1-3H3;3-6,8,11,14H,1-2H2. The van der Waals surface area contributed by atoms with Crippen molar-refractivity contribution in [1.82, 2.24) is 0 Å². The monoisotopic (exact) mass is 600 g/mol. The first-order valence-corrected chi connectivity index (χ1v) is 13.3. The lowest BCUT2D eigenvalue weighted by Gasteiger charge is -2.30. The molecule has 184 valence electrons. The summed E-state index contributed by atoms with van der Waals surface area (Å²) < 4.78 is 7.45. The summed E-state index contributed by atoms with van der Waals surface area (Å²) in [7, 11) is 0. The van der Waals surface area contributed by atoms with E-state index in [0.717, 1.165) is 27.5 Å². The molecule has 0 spiro atoms. The predicted octanol–water partition coefficient (Wildman–Crippen LogP) is 7.66. The van der Waals surface area contributed by atoms with Crippen LogP contribution in [0.2, 0.25) is 0 Å². The molecule has 4 rings (SSSR count). The maximum atomic E-state index is 12.5. The smallest absolute Gasteiger partial charge is 0.415 e. The van der Waals surface area contributed by atoms with Crippen LogP contribution in [-0.4, -0.2) is 23.8 Å². The molecule has 2 saturated carbocycles. The van der Waals surface area contributed by atoms with Crippen LogP contribution >= 0.6 is 31.9 Å². The minimum absolute atomic E-state index is 0.0174. The van der Waals surface area contributed by atoms with Gasteiger partial charge >= 0.3 is 6.09 Å². The average molecular weight is 602 g/mol. The first kappa shape index (κ1) is 27.0. The van der Waals surface area contributed by atoms with Crippen LogP contribution in [0, 0.1) is 34.5 Å². The maximum Gasteiger partial charge on any atom is 0.415 e. The molecule has 0 radical (unpaired) electrons. The van der Waals surface area contributed by atoms with Crippen molar-refractivity contribution in [3.63, 3.8) is 0 Å². The van der Waals surface area contributed by atoms with E-state index in [1.807, 2.05) is 69.3 Å². The van der Waals surface area contributed by atoms with Gasteiger partial charge in [-0.05, 0) is 107 Å². The van der Waals surface area contributed by atoms with Crippen LogP contribution in [0.3, 0.4) is 0 Å². The zero-order chi connectivity index (χ0) is 25.6. The van der Waals surface area contributed by atoms with Gasteiger partial charge in [-0.25, -0.2) is 4.79 Å². The molecular weight excluding hydrogens is 572 g/mol. The summed E-state index contributed by atoms with van der Waals surface area (Å²) in [4.78, 5) is 14.0. The summed E-state index contributed by atoms with van der Waals surface area (Å²) in [5.74, 6) is 0.801. The van der Waals surface area contributed by atoms with E-state index in [0.29, 0.717) is 11.6 Å². The van der Waals surface area contributed by atoms with Gasteiger partial charge in [0.05, 0.1) is 12.1 Å². The van der Waals surface area contributed by atoms with E-state index in [2.05, 4.69) is 49.3 Å². The van der Waals surface area contributed by atoms with E-state index in [1.54, 1.807) is 0 Å². The van der Waals surface area contributed by atoms with Gasteiger partial charge in [-0.1, -0.05) is 31.9 Å². The molecule has 8 heteroatoms. The van der Waals surface area contributed by atoms with Crippen molar-refractivity contribution in [3.05, 3.63) is 57.5 Å². The van der Waals surface area contributed by atoms with Gasteiger partial charge in [0.2, 0.25) is 0 Å². The Bertz CT molecular complexity index is 1080. The number of benzene rings is 2. The zero-order valence-electron chi connectivity index (χ0n) is 20.2. The van der Waals surface area contributed by atoms with Crippen molar-refractivity contribution in [2.24, 2.45) is 11.8 Å². The largest absolute Gasteiger partial charge is 0.443 e. The topological polar surface area (TPSA) is 89.2 Å². The molecule has 2 aromatic rings. The fourth-order valence-corrected chi connectivity index (χ4v) is 4.02. The number of hydrogen-bond acceptors (Lipinski definition) is 5. The Morgan fingerprint density at radius 3 is 1.89 bits per heavy atom. The Balaban J connectivity index is 0.000000211. The first-order valence-electron chi connectivity index (χ1n) is 11.7. The Labute approximate surface area is 224 Å². The highest BCUT2D eigenvalue weighted by Crippen LogP contribution is 2.38. The van der Waals surface area contributed by atoms with Gasteiger partial charge in [0.1, 0.15) is 17.7 Å². The third kappa shape index (κ3) is 8.56. The average Bonchev–Trinajstić information content (AvgIpc) is 3.71. The van der Waals surface area contributed by atoms with Gasteiger partial charge in [-0.2, -0.15) is 10.5 Å². The van der Waals surface area contributed by atoms with E-state index in [9.17, 15) is 10.1 Å². The molecule has 0 aromatic heterocycles. The third-order valence-electron chi connectivity index (χ3n) is 5.57. The molecule has 0 saturated heterocycles. The van der Waals surface area contributed by atoms with E-state index >= 15 is 0 Å². The summed E-state index contributed by atoms with van der Waals surface area (Å²) >= 11 is 6.75. The van der Waals surface area contributed by atoms with E-state index in [4.69, 9.17) is 10.00 Å². The fourth-order valence-electron chi connectivity index (χ4n) is 3.49. The van der Waals surface area contributed by atoms with Crippen molar-refractivity contribution in [2.45, 2.75) is 64.1 Å². The number of nitrogens with one attached hydrogen (secondary N) is 1. The molecule has 2 fully saturated rings. The quantitative estimate of drug-likeness (QED) is 0.367. The number of nitriles is 2. The number of nitrogens with zero attached hydrogens (tertiary/aromatic N) is 3. The highest BCUT2D eigenvalue weighted by molar-refractivity contribution is 9.10. The predicted molar refractivity (Wildman–Crippen MR) is 145 cm³/mol. The lowest BCUT2D eigenvalue weighted by molar-refractivity contribution is 0.0569. The Morgan fingerprint density at radius 2 is 1.46 bits per heavy atom. The molecule has 0 aliphatic heterocycles. The van der Waals surface area contributed by atoms with E-state index < -0.39 is 17.7 Å². The molecule has 2 aliphatic carbocycles. The number of hydrogen-bond donors (Lipinski definition) is 1. The molecule has 6 nitrogen and oxygen atoms in total. The molecule has 2 aromatic carbocycles. The molecule has 1 N–H and O–H groups in total. The van der Waals surface area contributed by atoms with Crippen molar-refractivity contribution in [2.75, 3.05) is 10.2 Å². The number of anilines is 2. The first-order chi connectivity index (χ1) is 16.6. The number of halogens is 2. The lowest BCUT2D eigenvalue weighted by Crippen LogP contribution is -2.44. The minimum atomic E-state index is -0.589. The number of amides is 1. The Hall–Kier alpha value is -2.55.